The van der Waals surface area contributed by atoms with Gasteiger partial charge in [-0.1, -0.05) is 36.4 Å². The summed E-state index contributed by atoms with van der Waals surface area (Å²) in [4.78, 5) is 12.4. The van der Waals surface area contributed by atoms with Crippen LogP contribution in [-0.4, -0.2) is 39.3 Å². The number of carbonyl (C=O) groups is 1. The molecule has 0 bridgehead atoms. The molecule has 0 radical (unpaired) electrons. The van der Waals surface area contributed by atoms with Gasteiger partial charge in [-0.25, -0.2) is 8.42 Å². The van der Waals surface area contributed by atoms with E-state index in [-0.39, 0.29) is 17.2 Å². The second kappa shape index (κ2) is 9.34. The van der Waals surface area contributed by atoms with Crippen LogP contribution in [0.4, 0.5) is 0 Å². The van der Waals surface area contributed by atoms with Gasteiger partial charge < -0.3 is 10.1 Å². The second-order valence-electron chi connectivity index (χ2n) is 5.92. The molecule has 1 amide bonds. The molecule has 0 heterocycles. The highest BCUT2D eigenvalue weighted by Crippen LogP contribution is 2.30. The van der Waals surface area contributed by atoms with Crippen molar-refractivity contribution in [2.45, 2.75) is 17.4 Å². The zero-order valence-corrected chi connectivity index (χ0v) is 16.3. The van der Waals surface area contributed by atoms with E-state index in [0.717, 1.165) is 0 Å². The molecule has 0 spiro atoms. The van der Waals surface area contributed by atoms with E-state index in [2.05, 4.69) is 11.9 Å². The topological polar surface area (TPSA) is 75.7 Å². The van der Waals surface area contributed by atoms with Gasteiger partial charge in [0.15, 0.2) is 0 Å². The molecule has 27 heavy (non-hydrogen) atoms. The molecule has 2 rings (SSSR count). The van der Waals surface area contributed by atoms with Crippen molar-refractivity contribution >= 4 is 15.9 Å². The zero-order chi connectivity index (χ0) is 19.9. The minimum atomic E-state index is -3.77. The number of rotatable bonds is 9. The van der Waals surface area contributed by atoms with Gasteiger partial charge in [0.1, 0.15) is 5.75 Å². The summed E-state index contributed by atoms with van der Waals surface area (Å²) in [5.41, 5.74) is 0.701. The molecule has 144 valence electrons. The molecule has 0 aliphatic rings. The third kappa shape index (κ3) is 5.18. The van der Waals surface area contributed by atoms with Gasteiger partial charge >= 0.3 is 0 Å². The number of nitrogens with zero attached hydrogens (tertiary/aromatic N) is 1. The lowest BCUT2D eigenvalue weighted by atomic mass is 10.0. The molecule has 1 atom stereocenters. The van der Waals surface area contributed by atoms with Crippen LogP contribution in [0.2, 0.25) is 0 Å². The number of hydrogen-bond acceptors (Lipinski definition) is 4. The molecule has 1 N–H and O–H groups in total. The highest BCUT2D eigenvalue weighted by molar-refractivity contribution is 7.89. The van der Waals surface area contributed by atoms with Gasteiger partial charge in [-0.2, -0.15) is 4.31 Å². The van der Waals surface area contributed by atoms with E-state index in [1.807, 2.05) is 0 Å². The van der Waals surface area contributed by atoms with Crippen molar-refractivity contribution in [2.75, 3.05) is 20.7 Å². The molecule has 0 aliphatic heterocycles. The van der Waals surface area contributed by atoms with Crippen LogP contribution >= 0.6 is 0 Å². The lowest BCUT2D eigenvalue weighted by molar-refractivity contribution is -0.121. The summed E-state index contributed by atoms with van der Waals surface area (Å²) in [5.74, 6) is 0.396. The molecule has 0 saturated carbocycles. The predicted octanol–water partition coefficient (Wildman–Crippen LogP) is 2.75. The maximum atomic E-state index is 13.0. The Morgan fingerprint density at radius 2 is 1.81 bits per heavy atom. The smallest absolute Gasteiger partial charge is 0.243 e. The first-order chi connectivity index (χ1) is 12.9. The molecule has 0 fully saturated rings. The Kier molecular flexibility index (Phi) is 7.15. The van der Waals surface area contributed by atoms with Crippen LogP contribution in [-0.2, 0) is 14.8 Å². The number of hydrogen-bond donors (Lipinski definition) is 1. The maximum Gasteiger partial charge on any atom is 0.243 e. The lowest BCUT2D eigenvalue weighted by Crippen LogP contribution is -2.35. The Morgan fingerprint density at radius 1 is 1.19 bits per heavy atom. The van der Waals surface area contributed by atoms with Gasteiger partial charge in [0.25, 0.3) is 0 Å². The highest BCUT2D eigenvalue weighted by atomic mass is 32.2. The Balaban J connectivity index is 2.37. The monoisotopic (exact) mass is 388 g/mol. The van der Waals surface area contributed by atoms with Crippen LogP contribution in [0.1, 0.15) is 18.0 Å². The molecule has 0 saturated heterocycles. The minimum Gasteiger partial charge on any atom is -0.497 e. The third-order valence-corrected chi connectivity index (χ3v) is 6.06. The minimum absolute atomic E-state index is 0.0112. The van der Waals surface area contributed by atoms with Gasteiger partial charge in [0.2, 0.25) is 15.9 Å². The van der Waals surface area contributed by atoms with Crippen LogP contribution in [0.25, 0.3) is 0 Å². The number of benzene rings is 2. The highest BCUT2D eigenvalue weighted by Gasteiger charge is 2.30. The SMILES string of the molecule is C=CCNC(=O)C[C@@H](c1ccc(OC)cc1)N(C)S(=O)(=O)c1ccccc1. The summed E-state index contributed by atoms with van der Waals surface area (Å²) in [5, 5.41) is 2.70. The Labute approximate surface area is 160 Å². The molecule has 2 aromatic rings. The van der Waals surface area contributed by atoms with Crippen LogP contribution in [0.5, 0.6) is 5.75 Å². The molecule has 7 heteroatoms. The van der Waals surface area contributed by atoms with Gasteiger partial charge in [-0.05, 0) is 29.8 Å². The Hall–Kier alpha value is -2.64. The number of carbonyl (C=O) groups excluding carboxylic acids is 1. The van der Waals surface area contributed by atoms with E-state index in [1.165, 1.54) is 23.5 Å². The fourth-order valence-corrected chi connectivity index (χ4v) is 4.01. The summed E-state index contributed by atoms with van der Waals surface area (Å²) in [6.45, 7) is 3.89. The van der Waals surface area contributed by atoms with E-state index >= 15 is 0 Å². The zero-order valence-electron chi connectivity index (χ0n) is 15.5. The van der Waals surface area contributed by atoms with Crippen molar-refractivity contribution in [3.63, 3.8) is 0 Å². The first-order valence-corrected chi connectivity index (χ1v) is 9.88. The summed E-state index contributed by atoms with van der Waals surface area (Å²) < 4.78 is 32.4. The van der Waals surface area contributed by atoms with Crippen LogP contribution in [0.3, 0.4) is 0 Å². The summed E-state index contributed by atoms with van der Waals surface area (Å²) in [6.07, 6.45) is 1.56. The van der Waals surface area contributed by atoms with Crippen molar-refractivity contribution in [3.8, 4) is 5.75 Å². The first kappa shape index (κ1) is 20.7. The van der Waals surface area contributed by atoms with E-state index in [4.69, 9.17) is 4.74 Å². The van der Waals surface area contributed by atoms with E-state index in [1.54, 1.807) is 55.7 Å². The molecular formula is C20H24N2O4S. The number of ether oxygens (including phenoxy) is 1. The summed E-state index contributed by atoms with van der Waals surface area (Å²) in [6, 6.07) is 14.5. The molecule has 0 unspecified atom stereocenters. The van der Waals surface area contributed by atoms with Gasteiger partial charge in [-0.3, -0.25) is 4.79 Å². The average Bonchev–Trinajstić information content (AvgIpc) is 2.70. The Morgan fingerprint density at radius 3 is 2.37 bits per heavy atom. The van der Waals surface area contributed by atoms with Crippen LogP contribution < -0.4 is 10.1 Å². The quantitative estimate of drug-likeness (QED) is 0.670. The third-order valence-electron chi connectivity index (χ3n) is 4.18. The van der Waals surface area contributed by atoms with E-state index in [0.29, 0.717) is 17.9 Å². The largest absolute Gasteiger partial charge is 0.497 e. The molecule has 0 aliphatic carbocycles. The van der Waals surface area contributed by atoms with Gasteiger partial charge in [-0.15, -0.1) is 6.58 Å². The lowest BCUT2D eigenvalue weighted by Gasteiger charge is -2.27. The van der Waals surface area contributed by atoms with Crippen molar-refractivity contribution in [3.05, 3.63) is 72.8 Å². The number of methoxy groups -OCH3 is 1. The van der Waals surface area contributed by atoms with Gasteiger partial charge in [0, 0.05) is 20.0 Å². The number of amides is 1. The van der Waals surface area contributed by atoms with Crippen molar-refractivity contribution < 1.29 is 17.9 Å². The second-order valence-corrected chi connectivity index (χ2v) is 7.92. The molecule has 6 nitrogen and oxygen atoms in total. The molecule has 2 aromatic carbocycles. The summed E-state index contributed by atoms with van der Waals surface area (Å²) >= 11 is 0. The van der Waals surface area contributed by atoms with E-state index < -0.39 is 16.1 Å². The Bertz CT molecular complexity index is 865. The number of sulfonamides is 1. The number of nitrogens with one attached hydrogen (secondary N) is 1. The van der Waals surface area contributed by atoms with Crippen molar-refractivity contribution in [2.24, 2.45) is 0 Å². The predicted molar refractivity (Wildman–Crippen MR) is 105 cm³/mol. The average molecular weight is 388 g/mol. The van der Waals surface area contributed by atoms with Crippen LogP contribution in [0, 0.1) is 0 Å². The standard InChI is InChI=1S/C20H24N2O4S/c1-4-14-21-20(23)15-19(16-10-12-17(26-3)13-11-16)22(2)27(24,25)18-8-6-5-7-9-18/h4-13,19H,1,14-15H2,2-3H3,(H,21,23)/t19-/m0/s1. The first-order valence-electron chi connectivity index (χ1n) is 8.44. The van der Waals surface area contributed by atoms with Gasteiger partial charge in [0.05, 0.1) is 18.0 Å². The van der Waals surface area contributed by atoms with Crippen molar-refractivity contribution in [1.29, 1.82) is 0 Å². The maximum absolute atomic E-state index is 13.0. The molecule has 0 aromatic heterocycles. The molecular weight excluding hydrogens is 364 g/mol. The van der Waals surface area contributed by atoms with Crippen LogP contribution in [0.15, 0.2) is 72.1 Å². The normalized spacial score (nSPS) is 12.4. The summed E-state index contributed by atoms with van der Waals surface area (Å²) in [7, 11) is -0.725. The van der Waals surface area contributed by atoms with Crippen molar-refractivity contribution in [1.82, 2.24) is 9.62 Å². The fourth-order valence-electron chi connectivity index (χ4n) is 2.64. The van der Waals surface area contributed by atoms with E-state index in [9.17, 15) is 13.2 Å². The fraction of sp³-hybridized carbons (Fsp3) is 0.250.